The Morgan fingerprint density at radius 2 is 1.81 bits per heavy atom. The molecule has 37 heavy (non-hydrogen) atoms. The highest BCUT2D eigenvalue weighted by Gasteiger charge is 2.38. The van der Waals surface area contributed by atoms with Crippen molar-refractivity contribution in [3.05, 3.63) is 66.1 Å². The molecular weight excluding hydrogens is 490 g/mol. The number of carbonyl (C=O) groups is 1. The molecule has 0 saturated heterocycles. The maximum atomic E-state index is 12.6. The fourth-order valence-electron chi connectivity index (χ4n) is 5.29. The molecule has 192 valence electrons. The van der Waals surface area contributed by atoms with E-state index in [0.29, 0.717) is 42.6 Å². The van der Waals surface area contributed by atoms with E-state index in [1.807, 2.05) is 42.5 Å². The van der Waals surface area contributed by atoms with Crippen LogP contribution in [0.25, 0.3) is 28.0 Å². The van der Waals surface area contributed by atoms with Crippen LogP contribution in [-0.4, -0.2) is 56.5 Å². The minimum Gasteiger partial charge on any atom is -0.389 e. The lowest BCUT2D eigenvalue weighted by atomic mass is 9.77. The Balaban J connectivity index is 1.52. The predicted molar refractivity (Wildman–Crippen MR) is 142 cm³/mol. The summed E-state index contributed by atoms with van der Waals surface area (Å²) < 4.78 is 25.0. The molecule has 1 aromatic carbocycles. The topological polar surface area (TPSA) is 141 Å². The van der Waals surface area contributed by atoms with Gasteiger partial charge in [0.05, 0.1) is 34.5 Å². The first-order valence-electron chi connectivity index (χ1n) is 12.1. The monoisotopic (exact) mass is 519 g/mol. The smallest absolute Gasteiger partial charge is 0.165 e. The highest BCUT2D eigenvalue weighted by atomic mass is 32.2. The number of Topliss-reactive ketones (excluding diaryl/α,β-unsaturated/α-hetero) is 1. The molecule has 3 heterocycles. The van der Waals surface area contributed by atoms with Crippen LogP contribution in [-0.2, 0) is 9.84 Å². The van der Waals surface area contributed by atoms with Crippen LogP contribution in [0, 0.1) is 0 Å². The molecule has 4 aromatic rings. The van der Waals surface area contributed by atoms with Crippen LogP contribution in [0.2, 0.25) is 0 Å². The molecule has 10 heteroatoms. The van der Waals surface area contributed by atoms with Gasteiger partial charge in [0.2, 0.25) is 0 Å². The number of sulfone groups is 1. The van der Waals surface area contributed by atoms with Crippen molar-refractivity contribution in [3.63, 3.8) is 0 Å². The number of aliphatic hydroxyl groups is 1. The average Bonchev–Trinajstić information content (AvgIpc) is 3.28. The number of anilines is 1. The van der Waals surface area contributed by atoms with Crippen molar-refractivity contribution in [2.45, 2.75) is 44.1 Å². The van der Waals surface area contributed by atoms with E-state index in [1.165, 1.54) is 11.4 Å². The molecule has 5 rings (SSSR count). The van der Waals surface area contributed by atoms with Crippen molar-refractivity contribution in [2.75, 3.05) is 17.7 Å². The number of carbonyl (C=O) groups excluding carboxylic acids is 1. The molecule has 0 atom stereocenters. The van der Waals surface area contributed by atoms with Crippen LogP contribution >= 0.6 is 0 Å². The fourth-order valence-corrected chi connectivity index (χ4v) is 6.55. The van der Waals surface area contributed by atoms with E-state index in [9.17, 15) is 18.3 Å². The zero-order chi connectivity index (χ0) is 26.4. The molecule has 0 spiro atoms. The van der Waals surface area contributed by atoms with Crippen molar-refractivity contribution in [1.82, 2.24) is 19.6 Å². The number of nitrogens with zero attached hydrogens (tertiary/aromatic N) is 4. The van der Waals surface area contributed by atoms with Crippen molar-refractivity contribution < 1.29 is 18.3 Å². The largest absolute Gasteiger partial charge is 0.389 e. The third-order valence-electron chi connectivity index (χ3n) is 7.04. The summed E-state index contributed by atoms with van der Waals surface area (Å²) in [6, 6.07) is 13.8. The molecule has 9 nitrogen and oxygen atoms in total. The molecule has 0 aliphatic heterocycles. The van der Waals surface area contributed by atoms with Gasteiger partial charge in [0.25, 0.3) is 0 Å². The third-order valence-corrected chi connectivity index (χ3v) is 8.10. The zero-order valence-corrected chi connectivity index (χ0v) is 21.6. The fraction of sp³-hybridized carbons (Fsp3) is 0.333. The summed E-state index contributed by atoms with van der Waals surface area (Å²) in [6.45, 7) is 1.45. The lowest BCUT2D eigenvalue weighted by Crippen LogP contribution is -2.40. The number of nitrogens with two attached hydrogens (primary N) is 1. The van der Waals surface area contributed by atoms with E-state index in [0.717, 1.165) is 28.6 Å². The van der Waals surface area contributed by atoms with E-state index < -0.39 is 15.4 Å². The Bertz CT molecular complexity index is 1570. The average molecular weight is 520 g/mol. The third kappa shape index (κ3) is 4.99. The van der Waals surface area contributed by atoms with Gasteiger partial charge < -0.3 is 10.8 Å². The Morgan fingerprint density at radius 1 is 1.11 bits per heavy atom. The first-order chi connectivity index (χ1) is 17.5. The SMILES string of the molecule is CC(=O)c1c(C2CCC(O)(CS(C)(=O)=O)CC2)nc2c(-c3ccc(-c4ccccc4)nc3)cnn2c1N. The number of pyridine rings is 1. The van der Waals surface area contributed by atoms with Gasteiger partial charge in [-0.1, -0.05) is 36.4 Å². The Kier molecular flexibility index (Phi) is 6.33. The first kappa shape index (κ1) is 25.0. The quantitative estimate of drug-likeness (QED) is 0.368. The molecule has 3 aromatic heterocycles. The standard InChI is InChI=1S/C27H29N5O4S/c1-17(33)23-24(19-10-12-27(34,13-11-19)16-37(2,35)36)31-26-21(15-30-32(26)25(23)28)20-8-9-22(29-14-20)18-6-4-3-5-7-18/h3-9,14-15,19,34H,10-13,16,28H2,1-2H3. The van der Waals surface area contributed by atoms with Gasteiger partial charge in [-0.15, -0.1) is 0 Å². The molecule has 0 amide bonds. The second kappa shape index (κ2) is 9.35. The van der Waals surface area contributed by atoms with E-state index in [-0.39, 0.29) is 23.3 Å². The van der Waals surface area contributed by atoms with Crippen LogP contribution in [0.5, 0.6) is 0 Å². The van der Waals surface area contributed by atoms with Gasteiger partial charge in [-0.25, -0.2) is 13.4 Å². The second-order valence-corrected chi connectivity index (χ2v) is 12.1. The molecule has 0 bridgehead atoms. The molecule has 1 saturated carbocycles. The van der Waals surface area contributed by atoms with Crippen LogP contribution in [0.15, 0.2) is 54.9 Å². The maximum Gasteiger partial charge on any atom is 0.165 e. The van der Waals surface area contributed by atoms with Crippen LogP contribution < -0.4 is 5.73 Å². The van der Waals surface area contributed by atoms with Gasteiger partial charge in [0, 0.05) is 35.1 Å². The number of hydrogen-bond donors (Lipinski definition) is 2. The molecular formula is C27H29N5O4S. The predicted octanol–water partition coefficient (Wildman–Crippen LogP) is 3.68. The van der Waals surface area contributed by atoms with Crippen molar-refractivity contribution >= 4 is 27.1 Å². The van der Waals surface area contributed by atoms with Crippen LogP contribution in [0.3, 0.4) is 0 Å². The Hall–Kier alpha value is -3.63. The number of benzene rings is 1. The molecule has 1 fully saturated rings. The number of ketones is 1. The lowest BCUT2D eigenvalue weighted by molar-refractivity contribution is 0.0200. The summed E-state index contributed by atoms with van der Waals surface area (Å²) in [7, 11) is -3.33. The minimum atomic E-state index is -3.33. The summed E-state index contributed by atoms with van der Waals surface area (Å²) in [4.78, 5) is 22.1. The molecule has 0 unspecified atom stereocenters. The van der Waals surface area contributed by atoms with Gasteiger partial charge in [0.15, 0.2) is 11.4 Å². The van der Waals surface area contributed by atoms with Crippen molar-refractivity contribution in [1.29, 1.82) is 0 Å². The first-order valence-corrected chi connectivity index (χ1v) is 14.2. The Labute approximate surface area is 215 Å². The van der Waals surface area contributed by atoms with Crippen molar-refractivity contribution in [3.8, 4) is 22.4 Å². The van der Waals surface area contributed by atoms with E-state index >= 15 is 0 Å². The van der Waals surface area contributed by atoms with Crippen LogP contribution in [0.4, 0.5) is 5.82 Å². The molecule has 0 radical (unpaired) electrons. The highest BCUT2D eigenvalue weighted by Crippen LogP contribution is 2.41. The van der Waals surface area contributed by atoms with Crippen molar-refractivity contribution in [2.24, 2.45) is 0 Å². The highest BCUT2D eigenvalue weighted by molar-refractivity contribution is 7.90. The van der Waals surface area contributed by atoms with Gasteiger partial charge in [-0.2, -0.15) is 9.61 Å². The number of nitrogen functional groups attached to an aromatic ring is 1. The van der Waals surface area contributed by atoms with E-state index in [4.69, 9.17) is 10.7 Å². The summed E-state index contributed by atoms with van der Waals surface area (Å²) in [6.07, 6.45) is 6.14. The lowest BCUT2D eigenvalue weighted by Gasteiger charge is -2.35. The maximum absolute atomic E-state index is 12.6. The molecule has 3 N–H and O–H groups in total. The number of hydrogen-bond acceptors (Lipinski definition) is 8. The van der Waals surface area contributed by atoms with Gasteiger partial charge in [-0.3, -0.25) is 9.78 Å². The normalized spacial score (nSPS) is 20.2. The molecule has 1 aliphatic rings. The number of fused-ring (bicyclic) bond motifs is 1. The van der Waals surface area contributed by atoms with Gasteiger partial charge in [0.1, 0.15) is 15.7 Å². The summed E-state index contributed by atoms with van der Waals surface area (Å²) in [5, 5.41) is 15.2. The summed E-state index contributed by atoms with van der Waals surface area (Å²) in [5.74, 6) is -0.429. The number of aromatic nitrogens is 4. The molecule has 1 aliphatic carbocycles. The zero-order valence-electron chi connectivity index (χ0n) is 20.8. The number of rotatable bonds is 6. The van der Waals surface area contributed by atoms with E-state index in [2.05, 4.69) is 10.1 Å². The van der Waals surface area contributed by atoms with Crippen LogP contribution in [0.1, 0.15) is 54.6 Å². The Morgan fingerprint density at radius 3 is 2.41 bits per heavy atom. The second-order valence-electron chi connectivity index (χ2n) is 9.97. The van der Waals surface area contributed by atoms with Gasteiger partial charge >= 0.3 is 0 Å². The van der Waals surface area contributed by atoms with Gasteiger partial charge in [-0.05, 0) is 38.7 Å². The summed E-state index contributed by atoms with van der Waals surface area (Å²) in [5.41, 5.74) is 9.98. The summed E-state index contributed by atoms with van der Waals surface area (Å²) >= 11 is 0. The van der Waals surface area contributed by atoms with E-state index in [1.54, 1.807) is 12.4 Å². The minimum absolute atomic E-state index is 0.146.